The van der Waals surface area contributed by atoms with Gasteiger partial charge in [0.15, 0.2) is 11.6 Å². The number of benzene rings is 1. The number of aromatic nitrogens is 2. The number of hydrogen-bond donors (Lipinski definition) is 1. The van der Waals surface area contributed by atoms with Crippen molar-refractivity contribution in [3.05, 3.63) is 40.8 Å². The number of ether oxygens (including phenoxy) is 1. The van der Waals surface area contributed by atoms with Gasteiger partial charge in [-0.2, -0.15) is 4.98 Å². The third kappa shape index (κ3) is 2.68. The van der Waals surface area contributed by atoms with Crippen LogP contribution in [-0.4, -0.2) is 17.0 Å². The van der Waals surface area contributed by atoms with Gasteiger partial charge in [0.1, 0.15) is 0 Å². The highest BCUT2D eigenvalue weighted by atomic mass is 35.5. The number of anilines is 1. The summed E-state index contributed by atoms with van der Waals surface area (Å²) in [5.41, 5.74) is 0.715. The summed E-state index contributed by atoms with van der Waals surface area (Å²) in [6.07, 6.45) is 0. The Morgan fingerprint density at radius 3 is 2.83 bits per heavy atom. The van der Waals surface area contributed by atoms with Gasteiger partial charge in [0.05, 0.1) is 5.02 Å². The molecule has 0 spiro atoms. The standard InChI is InChI=1S/C12H11ClFN3O/c1-7-6-10(17-12(15-2)16-7)18-9-5-3-4-8(13)11(9)14/h3-6H,1-2H3,(H,15,16,17). The highest BCUT2D eigenvalue weighted by Crippen LogP contribution is 2.28. The molecular formula is C12H11ClFN3O. The monoisotopic (exact) mass is 267 g/mol. The van der Waals surface area contributed by atoms with E-state index in [0.717, 1.165) is 0 Å². The number of nitrogens with zero attached hydrogens (tertiary/aromatic N) is 2. The van der Waals surface area contributed by atoms with Crippen molar-refractivity contribution in [1.29, 1.82) is 0 Å². The first-order chi connectivity index (χ1) is 8.60. The van der Waals surface area contributed by atoms with Crippen molar-refractivity contribution in [2.75, 3.05) is 12.4 Å². The van der Waals surface area contributed by atoms with E-state index in [1.54, 1.807) is 26.1 Å². The Bertz CT molecular complexity index is 577. The van der Waals surface area contributed by atoms with E-state index in [-0.39, 0.29) is 16.7 Å². The first-order valence-electron chi connectivity index (χ1n) is 5.25. The Labute approximate surface area is 109 Å². The lowest BCUT2D eigenvalue weighted by Gasteiger charge is -2.08. The molecule has 0 fully saturated rings. The summed E-state index contributed by atoms with van der Waals surface area (Å²) in [7, 11) is 1.69. The molecule has 1 N–H and O–H groups in total. The topological polar surface area (TPSA) is 47.0 Å². The number of aryl methyl sites for hydroxylation is 1. The molecule has 2 aromatic rings. The molecule has 0 amide bonds. The minimum absolute atomic E-state index is 0.00659. The Hall–Kier alpha value is -1.88. The zero-order valence-corrected chi connectivity index (χ0v) is 10.6. The number of hydrogen-bond acceptors (Lipinski definition) is 4. The molecule has 0 aliphatic carbocycles. The van der Waals surface area contributed by atoms with Crippen LogP contribution in [-0.2, 0) is 0 Å². The van der Waals surface area contributed by atoms with Crippen LogP contribution in [0.2, 0.25) is 5.02 Å². The van der Waals surface area contributed by atoms with Crippen LogP contribution >= 0.6 is 11.6 Å². The van der Waals surface area contributed by atoms with Crippen LogP contribution in [0.1, 0.15) is 5.69 Å². The maximum absolute atomic E-state index is 13.7. The van der Waals surface area contributed by atoms with Crippen LogP contribution in [0.5, 0.6) is 11.6 Å². The molecular weight excluding hydrogens is 257 g/mol. The van der Waals surface area contributed by atoms with E-state index in [1.807, 2.05) is 0 Å². The number of halogens is 2. The van der Waals surface area contributed by atoms with Crippen LogP contribution in [0.15, 0.2) is 24.3 Å². The third-order valence-electron chi connectivity index (χ3n) is 2.19. The van der Waals surface area contributed by atoms with Crippen molar-refractivity contribution in [3.63, 3.8) is 0 Å². The molecule has 4 nitrogen and oxygen atoms in total. The Balaban J connectivity index is 2.34. The normalized spacial score (nSPS) is 10.2. The lowest BCUT2D eigenvalue weighted by atomic mass is 10.3. The van der Waals surface area contributed by atoms with Gasteiger partial charge >= 0.3 is 0 Å². The Kier molecular flexibility index (Phi) is 3.62. The zero-order valence-electron chi connectivity index (χ0n) is 9.87. The maximum atomic E-state index is 13.7. The van der Waals surface area contributed by atoms with Gasteiger partial charge < -0.3 is 10.1 Å². The summed E-state index contributed by atoms with van der Waals surface area (Å²) in [5.74, 6) is 0.0875. The summed E-state index contributed by atoms with van der Waals surface area (Å²) in [4.78, 5) is 8.18. The third-order valence-corrected chi connectivity index (χ3v) is 2.48. The quantitative estimate of drug-likeness (QED) is 0.926. The first-order valence-corrected chi connectivity index (χ1v) is 5.63. The molecule has 0 unspecified atom stereocenters. The summed E-state index contributed by atoms with van der Waals surface area (Å²) in [6, 6.07) is 6.15. The Morgan fingerprint density at radius 1 is 1.33 bits per heavy atom. The van der Waals surface area contributed by atoms with Gasteiger partial charge in [-0.05, 0) is 19.1 Å². The second-order valence-electron chi connectivity index (χ2n) is 3.58. The van der Waals surface area contributed by atoms with E-state index in [4.69, 9.17) is 16.3 Å². The van der Waals surface area contributed by atoms with Gasteiger partial charge in [-0.15, -0.1) is 0 Å². The fourth-order valence-corrected chi connectivity index (χ4v) is 1.55. The lowest BCUT2D eigenvalue weighted by Crippen LogP contribution is -2.00. The highest BCUT2D eigenvalue weighted by Gasteiger charge is 2.10. The van der Waals surface area contributed by atoms with Crippen molar-refractivity contribution < 1.29 is 9.13 Å². The highest BCUT2D eigenvalue weighted by molar-refractivity contribution is 6.30. The van der Waals surface area contributed by atoms with E-state index >= 15 is 0 Å². The Morgan fingerprint density at radius 2 is 2.11 bits per heavy atom. The van der Waals surface area contributed by atoms with Crippen molar-refractivity contribution in [2.24, 2.45) is 0 Å². The van der Waals surface area contributed by atoms with Crippen LogP contribution in [0.4, 0.5) is 10.3 Å². The molecule has 0 saturated carbocycles. The fourth-order valence-electron chi connectivity index (χ4n) is 1.38. The largest absolute Gasteiger partial charge is 0.436 e. The van der Waals surface area contributed by atoms with Gasteiger partial charge in [0.2, 0.25) is 11.8 Å². The molecule has 2 rings (SSSR count). The minimum atomic E-state index is -0.610. The molecule has 1 aromatic carbocycles. The second kappa shape index (κ2) is 5.18. The van der Waals surface area contributed by atoms with E-state index < -0.39 is 5.82 Å². The summed E-state index contributed by atoms with van der Waals surface area (Å²) in [5, 5.41) is 2.80. The summed E-state index contributed by atoms with van der Waals surface area (Å²) >= 11 is 5.67. The van der Waals surface area contributed by atoms with Gasteiger partial charge in [-0.25, -0.2) is 9.37 Å². The van der Waals surface area contributed by atoms with Gasteiger partial charge in [0.25, 0.3) is 0 Å². The predicted molar refractivity (Wildman–Crippen MR) is 67.8 cm³/mol. The molecule has 94 valence electrons. The average molecular weight is 268 g/mol. The maximum Gasteiger partial charge on any atom is 0.225 e. The van der Waals surface area contributed by atoms with Crippen LogP contribution < -0.4 is 10.1 Å². The molecule has 0 bridgehead atoms. The molecule has 6 heteroatoms. The lowest BCUT2D eigenvalue weighted by molar-refractivity contribution is 0.427. The number of nitrogens with one attached hydrogen (secondary N) is 1. The molecule has 0 aliphatic rings. The van der Waals surface area contributed by atoms with E-state index in [0.29, 0.717) is 11.6 Å². The van der Waals surface area contributed by atoms with E-state index in [1.165, 1.54) is 12.1 Å². The number of rotatable bonds is 3. The fraction of sp³-hybridized carbons (Fsp3) is 0.167. The molecule has 0 saturated heterocycles. The molecule has 1 heterocycles. The van der Waals surface area contributed by atoms with Gasteiger partial charge in [0, 0.05) is 18.8 Å². The zero-order chi connectivity index (χ0) is 13.1. The van der Waals surface area contributed by atoms with Crippen LogP contribution in [0.25, 0.3) is 0 Å². The van der Waals surface area contributed by atoms with Crippen molar-refractivity contribution in [1.82, 2.24) is 9.97 Å². The SMILES string of the molecule is CNc1nc(C)cc(Oc2cccc(Cl)c2F)n1. The smallest absolute Gasteiger partial charge is 0.225 e. The first kappa shape index (κ1) is 12.6. The summed E-state index contributed by atoms with van der Waals surface area (Å²) in [6.45, 7) is 1.80. The molecule has 0 aliphatic heterocycles. The predicted octanol–water partition coefficient (Wildman–Crippen LogP) is 3.41. The molecule has 0 radical (unpaired) electrons. The van der Waals surface area contributed by atoms with Crippen LogP contribution in [0.3, 0.4) is 0 Å². The minimum Gasteiger partial charge on any atom is -0.436 e. The van der Waals surface area contributed by atoms with Crippen molar-refractivity contribution in [2.45, 2.75) is 6.92 Å². The molecule has 1 aromatic heterocycles. The van der Waals surface area contributed by atoms with Crippen LogP contribution in [0, 0.1) is 12.7 Å². The average Bonchev–Trinajstić information content (AvgIpc) is 2.34. The second-order valence-corrected chi connectivity index (χ2v) is 3.98. The van der Waals surface area contributed by atoms with Gasteiger partial charge in [-0.1, -0.05) is 17.7 Å². The summed E-state index contributed by atoms with van der Waals surface area (Å²) < 4.78 is 19.0. The molecule has 0 atom stereocenters. The van der Waals surface area contributed by atoms with Crippen molar-refractivity contribution in [3.8, 4) is 11.6 Å². The van der Waals surface area contributed by atoms with E-state index in [2.05, 4.69) is 15.3 Å². The van der Waals surface area contributed by atoms with E-state index in [9.17, 15) is 4.39 Å². The molecule has 18 heavy (non-hydrogen) atoms. The van der Waals surface area contributed by atoms with Gasteiger partial charge in [-0.3, -0.25) is 0 Å². The van der Waals surface area contributed by atoms with Crippen molar-refractivity contribution >= 4 is 17.5 Å².